The van der Waals surface area contributed by atoms with Gasteiger partial charge < -0.3 is 14.7 Å². The highest BCUT2D eigenvalue weighted by Gasteiger charge is 2.33. The third kappa shape index (κ3) is 4.38. The lowest BCUT2D eigenvalue weighted by Gasteiger charge is -2.40. The minimum Gasteiger partial charge on any atom is -0.342 e. The summed E-state index contributed by atoms with van der Waals surface area (Å²) in [5.41, 5.74) is 0.886. The molecule has 2 aliphatic rings. The maximum absolute atomic E-state index is 12.8. The first-order valence-electron chi connectivity index (χ1n) is 9.50. The fraction of sp³-hybridized carbons (Fsp3) is 0.600. The first-order valence-corrected chi connectivity index (χ1v) is 10.0. The summed E-state index contributed by atoms with van der Waals surface area (Å²) in [5, 5.41) is 0. The molecule has 0 aromatic heterocycles. The number of hydrogen-bond donors (Lipinski definition) is 0. The molecule has 0 aliphatic carbocycles. The molecule has 1 atom stereocenters. The summed E-state index contributed by atoms with van der Waals surface area (Å²) < 4.78 is 0. The van der Waals surface area contributed by atoms with Crippen molar-refractivity contribution in [1.82, 2.24) is 9.80 Å². The summed E-state index contributed by atoms with van der Waals surface area (Å²) in [6.45, 7) is 3.36. The number of likely N-dealkylation sites (tertiary alicyclic amines) is 2. The number of anilines is 1. The Morgan fingerprint density at radius 2 is 1.81 bits per heavy atom. The quantitative estimate of drug-likeness (QED) is 0.757. The first-order chi connectivity index (χ1) is 12.6. The lowest BCUT2D eigenvalue weighted by Crippen LogP contribution is -2.51. The molecule has 2 aliphatic heterocycles. The molecule has 6 heteroatoms. The normalized spacial score (nSPS) is 22.2. The number of carbonyl (C=O) groups excluding carboxylic acids is 2. The van der Waals surface area contributed by atoms with E-state index in [4.69, 9.17) is 11.6 Å². The molecule has 3 rings (SSSR count). The standard InChI is InChI=1S/C20H28ClN3O2/c1-22-11-5-6-16(15-22)20(26)23-12-9-18(10-13-23)24(19(25)14-21)17-7-3-2-4-8-17/h2-4,7-8,16,18H,5-6,9-15H2,1H3. The molecule has 1 aromatic carbocycles. The second-order valence-corrected chi connectivity index (χ2v) is 7.66. The molecular formula is C20H28ClN3O2. The van der Waals surface area contributed by atoms with Crippen molar-refractivity contribution < 1.29 is 9.59 Å². The zero-order chi connectivity index (χ0) is 18.5. The van der Waals surface area contributed by atoms with E-state index in [9.17, 15) is 9.59 Å². The van der Waals surface area contributed by atoms with E-state index >= 15 is 0 Å². The first kappa shape index (κ1) is 19.2. The SMILES string of the molecule is CN1CCCC(C(=O)N2CCC(N(C(=O)CCl)c3ccccc3)CC2)C1. The van der Waals surface area contributed by atoms with Crippen molar-refractivity contribution in [3.05, 3.63) is 30.3 Å². The van der Waals surface area contributed by atoms with Gasteiger partial charge in [-0.25, -0.2) is 0 Å². The molecule has 2 amide bonds. The van der Waals surface area contributed by atoms with Gasteiger partial charge >= 0.3 is 0 Å². The molecular weight excluding hydrogens is 350 g/mol. The van der Waals surface area contributed by atoms with Gasteiger partial charge in [0.1, 0.15) is 5.88 Å². The molecule has 0 N–H and O–H groups in total. The van der Waals surface area contributed by atoms with Crippen molar-refractivity contribution >= 4 is 29.1 Å². The van der Waals surface area contributed by atoms with E-state index < -0.39 is 0 Å². The Morgan fingerprint density at radius 1 is 1.12 bits per heavy atom. The van der Waals surface area contributed by atoms with Gasteiger partial charge in [-0.05, 0) is 51.4 Å². The Balaban J connectivity index is 1.62. The second kappa shape index (κ2) is 8.87. The smallest absolute Gasteiger partial charge is 0.242 e. The summed E-state index contributed by atoms with van der Waals surface area (Å²) >= 11 is 5.85. The highest BCUT2D eigenvalue weighted by molar-refractivity contribution is 6.29. The second-order valence-electron chi connectivity index (χ2n) is 7.39. The minimum absolute atomic E-state index is 0.0253. The van der Waals surface area contributed by atoms with E-state index in [0.29, 0.717) is 13.1 Å². The summed E-state index contributed by atoms with van der Waals surface area (Å²) in [7, 11) is 2.08. The van der Waals surface area contributed by atoms with E-state index in [2.05, 4.69) is 11.9 Å². The van der Waals surface area contributed by atoms with Crippen molar-refractivity contribution in [1.29, 1.82) is 0 Å². The average Bonchev–Trinajstić information content (AvgIpc) is 2.69. The number of amides is 2. The van der Waals surface area contributed by atoms with Crippen LogP contribution in [0.15, 0.2) is 30.3 Å². The van der Waals surface area contributed by atoms with E-state index in [1.807, 2.05) is 40.1 Å². The van der Waals surface area contributed by atoms with Gasteiger partial charge in [-0.2, -0.15) is 0 Å². The number of alkyl halides is 1. The topological polar surface area (TPSA) is 43.9 Å². The largest absolute Gasteiger partial charge is 0.342 e. The molecule has 0 saturated carbocycles. The average molecular weight is 378 g/mol. The van der Waals surface area contributed by atoms with Gasteiger partial charge in [-0.15, -0.1) is 11.6 Å². The number of benzene rings is 1. The number of para-hydroxylation sites is 1. The molecule has 2 heterocycles. The monoisotopic (exact) mass is 377 g/mol. The molecule has 142 valence electrons. The van der Waals surface area contributed by atoms with Crippen LogP contribution in [-0.2, 0) is 9.59 Å². The minimum atomic E-state index is -0.0726. The Morgan fingerprint density at radius 3 is 2.42 bits per heavy atom. The van der Waals surface area contributed by atoms with Crippen molar-refractivity contribution in [3.63, 3.8) is 0 Å². The van der Waals surface area contributed by atoms with Crippen molar-refractivity contribution in [3.8, 4) is 0 Å². The summed E-state index contributed by atoms with van der Waals surface area (Å²) in [6, 6.07) is 9.79. The number of carbonyl (C=O) groups is 2. The van der Waals surface area contributed by atoms with Gasteiger partial charge in [0.15, 0.2) is 0 Å². The van der Waals surface area contributed by atoms with Crippen LogP contribution < -0.4 is 4.90 Å². The number of rotatable bonds is 4. The predicted molar refractivity (Wildman–Crippen MR) is 104 cm³/mol. The summed E-state index contributed by atoms with van der Waals surface area (Å²) in [5.74, 6) is 0.309. The predicted octanol–water partition coefficient (Wildman–Crippen LogP) is 2.59. The fourth-order valence-corrected chi connectivity index (χ4v) is 4.31. The number of nitrogens with zero attached hydrogens (tertiary/aromatic N) is 3. The van der Waals surface area contributed by atoms with Gasteiger partial charge in [-0.1, -0.05) is 18.2 Å². The van der Waals surface area contributed by atoms with E-state index in [0.717, 1.165) is 44.5 Å². The third-order valence-electron chi connectivity index (χ3n) is 5.53. The molecule has 1 aromatic rings. The molecule has 2 saturated heterocycles. The van der Waals surface area contributed by atoms with Gasteiger partial charge in [-0.3, -0.25) is 9.59 Å². The zero-order valence-corrected chi connectivity index (χ0v) is 16.2. The Labute approximate surface area is 160 Å². The Hall–Kier alpha value is -1.59. The van der Waals surface area contributed by atoms with Crippen LogP contribution in [0, 0.1) is 5.92 Å². The van der Waals surface area contributed by atoms with Crippen LogP contribution in [0.25, 0.3) is 0 Å². The van der Waals surface area contributed by atoms with Crippen molar-refractivity contribution in [2.45, 2.75) is 31.7 Å². The van der Waals surface area contributed by atoms with E-state index in [-0.39, 0.29) is 29.7 Å². The maximum Gasteiger partial charge on any atom is 0.242 e. The molecule has 5 nitrogen and oxygen atoms in total. The molecule has 0 spiro atoms. The molecule has 0 radical (unpaired) electrons. The van der Waals surface area contributed by atoms with Crippen LogP contribution in [0.5, 0.6) is 0 Å². The summed E-state index contributed by atoms with van der Waals surface area (Å²) in [4.78, 5) is 31.3. The lowest BCUT2D eigenvalue weighted by molar-refractivity contribution is -0.138. The van der Waals surface area contributed by atoms with Crippen LogP contribution in [0.4, 0.5) is 5.69 Å². The van der Waals surface area contributed by atoms with Gasteiger partial charge in [0.25, 0.3) is 0 Å². The number of hydrogen-bond acceptors (Lipinski definition) is 3. The van der Waals surface area contributed by atoms with Crippen LogP contribution in [-0.4, -0.2) is 66.8 Å². The van der Waals surface area contributed by atoms with Crippen LogP contribution in [0.3, 0.4) is 0 Å². The number of piperidine rings is 2. The Bertz CT molecular complexity index is 617. The highest BCUT2D eigenvalue weighted by Crippen LogP contribution is 2.26. The summed E-state index contributed by atoms with van der Waals surface area (Å²) in [6.07, 6.45) is 3.68. The Kier molecular flexibility index (Phi) is 6.54. The van der Waals surface area contributed by atoms with E-state index in [1.165, 1.54) is 0 Å². The highest BCUT2D eigenvalue weighted by atomic mass is 35.5. The molecule has 2 fully saturated rings. The van der Waals surface area contributed by atoms with E-state index in [1.54, 1.807) is 0 Å². The van der Waals surface area contributed by atoms with Crippen LogP contribution in [0.1, 0.15) is 25.7 Å². The molecule has 1 unspecified atom stereocenters. The maximum atomic E-state index is 12.8. The fourth-order valence-electron chi connectivity index (χ4n) is 4.18. The van der Waals surface area contributed by atoms with Crippen molar-refractivity contribution in [2.24, 2.45) is 5.92 Å². The van der Waals surface area contributed by atoms with Gasteiger partial charge in [0, 0.05) is 31.4 Å². The number of halogens is 1. The molecule has 0 bridgehead atoms. The molecule has 26 heavy (non-hydrogen) atoms. The van der Waals surface area contributed by atoms with Crippen molar-refractivity contribution in [2.75, 3.05) is 44.0 Å². The van der Waals surface area contributed by atoms with Gasteiger partial charge in [0.2, 0.25) is 11.8 Å². The lowest BCUT2D eigenvalue weighted by atomic mass is 9.94. The van der Waals surface area contributed by atoms with Crippen LogP contribution in [0.2, 0.25) is 0 Å². The van der Waals surface area contributed by atoms with Gasteiger partial charge in [0.05, 0.1) is 5.92 Å². The van der Waals surface area contributed by atoms with Crippen LogP contribution >= 0.6 is 11.6 Å². The third-order valence-corrected chi connectivity index (χ3v) is 5.76. The zero-order valence-electron chi connectivity index (χ0n) is 15.4.